The third-order valence-corrected chi connectivity index (χ3v) is 7.61. The Morgan fingerprint density at radius 3 is 2.30 bits per heavy atom. The van der Waals surface area contributed by atoms with Crippen molar-refractivity contribution in [1.82, 2.24) is 9.21 Å². The zero-order valence-corrected chi connectivity index (χ0v) is 17.8. The predicted octanol–water partition coefficient (Wildman–Crippen LogP) is 0.415. The van der Waals surface area contributed by atoms with Gasteiger partial charge in [0, 0.05) is 25.6 Å². The second-order valence-electron chi connectivity index (χ2n) is 7.75. The third-order valence-electron chi connectivity index (χ3n) is 5.69. The number of likely N-dealkylation sites (tertiary alicyclic amines) is 1. The molecule has 2 saturated heterocycles. The van der Waals surface area contributed by atoms with E-state index in [0.29, 0.717) is 38.8 Å². The molecular formula is C20H27N3O6S. The Kier molecular flexibility index (Phi) is 6.77. The molecule has 2 heterocycles. The van der Waals surface area contributed by atoms with Gasteiger partial charge in [-0.3, -0.25) is 14.4 Å². The number of piperidine rings is 1. The molecule has 0 aromatic heterocycles. The highest BCUT2D eigenvalue weighted by atomic mass is 32.2. The van der Waals surface area contributed by atoms with E-state index in [-0.39, 0.29) is 29.2 Å². The molecule has 2 fully saturated rings. The number of amides is 2. The highest BCUT2D eigenvalue weighted by Crippen LogP contribution is 2.27. The summed E-state index contributed by atoms with van der Waals surface area (Å²) >= 11 is 0. The number of hydrogen-bond donors (Lipinski definition) is 1. The Morgan fingerprint density at radius 1 is 1.07 bits per heavy atom. The second kappa shape index (κ2) is 9.13. The van der Waals surface area contributed by atoms with Gasteiger partial charge in [0.25, 0.3) is 5.91 Å². The lowest BCUT2D eigenvalue weighted by molar-refractivity contribution is -0.155. The maximum atomic E-state index is 12.9. The van der Waals surface area contributed by atoms with Crippen molar-refractivity contribution < 1.29 is 27.5 Å². The zero-order chi connectivity index (χ0) is 21.9. The van der Waals surface area contributed by atoms with Gasteiger partial charge in [-0.2, -0.15) is 4.31 Å². The van der Waals surface area contributed by atoms with Gasteiger partial charge in [0.1, 0.15) is 6.04 Å². The van der Waals surface area contributed by atoms with Crippen molar-refractivity contribution in [3.63, 3.8) is 0 Å². The van der Waals surface area contributed by atoms with Crippen molar-refractivity contribution in [3.8, 4) is 0 Å². The van der Waals surface area contributed by atoms with Gasteiger partial charge >= 0.3 is 5.97 Å². The fourth-order valence-electron chi connectivity index (χ4n) is 3.84. The summed E-state index contributed by atoms with van der Waals surface area (Å²) < 4.78 is 32.2. The SMILES string of the molecule is Cc1ccc(S(=O)(=O)N2CCC[C@H]2C(=O)OCC(=O)N2CCC(C(N)=O)CC2)cc1. The molecule has 1 atom stereocenters. The van der Waals surface area contributed by atoms with Crippen molar-refractivity contribution in [2.75, 3.05) is 26.2 Å². The molecule has 164 valence electrons. The molecule has 0 saturated carbocycles. The van der Waals surface area contributed by atoms with E-state index in [1.54, 1.807) is 12.1 Å². The molecule has 1 aromatic carbocycles. The summed E-state index contributed by atoms with van der Waals surface area (Å²) in [5.74, 6) is -1.69. The molecule has 10 heteroatoms. The Morgan fingerprint density at radius 2 is 1.70 bits per heavy atom. The summed E-state index contributed by atoms with van der Waals surface area (Å²) in [6.45, 7) is 2.39. The number of sulfonamides is 1. The van der Waals surface area contributed by atoms with Gasteiger partial charge in [-0.15, -0.1) is 0 Å². The number of carbonyl (C=O) groups excluding carboxylic acids is 3. The van der Waals surface area contributed by atoms with Crippen molar-refractivity contribution in [2.24, 2.45) is 11.7 Å². The van der Waals surface area contributed by atoms with E-state index in [1.807, 2.05) is 6.92 Å². The van der Waals surface area contributed by atoms with Gasteiger partial charge in [0.2, 0.25) is 15.9 Å². The lowest BCUT2D eigenvalue weighted by Crippen LogP contribution is -2.45. The summed E-state index contributed by atoms with van der Waals surface area (Å²) in [7, 11) is -3.83. The molecule has 0 spiro atoms. The first-order valence-electron chi connectivity index (χ1n) is 10.0. The molecule has 2 N–H and O–H groups in total. The minimum absolute atomic E-state index is 0.126. The van der Waals surface area contributed by atoms with E-state index in [9.17, 15) is 22.8 Å². The number of esters is 1. The molecule has 3 rings (SSSR count). The number of nitrogens with zero attached hydrogens (tertiary/aromatic N) is 2. The van der Waals surface area contributed by atoms with E-state index in [4.69, 9.17) is 10.5 Å². The highest BCUT2D eigenvalue weighted by molar-refractivity contribution is 7.89. The number of aryl methyl sites for hydroxylation is 1. The summed E-state index contributed by atoms with van der Waals surface area (Å²) in [6, 6.07) is 5.51. The first-order valence-corrected chi connectivity index (χ1v) is 11.5. The van der Waals surface area contributed by atoms with E-state index in [1.165, 1.54) is 17.0 Å². The molecule has 0 aliphatic carbocycles. The van der Waals surface area contributed by atoms with Crippen LogP contribution in [0.15, 0.2) is 29.2 Å². The fraction of sp³-hybridized carbons (Fsp3) is 0.550. The van der Waals surface area contributed by atoms with E-state index >= 15 is 0 Å². The number of ether oxygens (including phenoxy) is 1. The first-order chi connectivity index (χ1) is 14.2. The summed E-state index contributed by atoms with van der Waals surface area (Å²) in [6.07, 6.45) is 1.86. The molecule has 0 radical (unpaired) electrons. The van der Waals surface area contributed by atoms with Crippen LogP contribution in [0.25, 0.3) is 0 Å². The third kappa shape index (κ3) is 4.81. The lowest BCUT2D eigenvalue weighted by atomic mass is 9.96. The molecular weight excluding hydrogens is 410 g/mol. The van der Waals surface area contributed by atoms with Crippen LogP contribution in [0.4, 0.5) is 0 Å². The molecule has 1 aromatic rings. The summed E-state index contributed by atoms with van der Waals surface area (Å²) in [4.78, 5) is 37.8. The monoisotopic (exact) mass is 437 g/mol. The maximum absolute atomic E-state index is 12.9. The molecule has 9 nitrogen and oxygen atoms in total. The summed E-state index contributed by atoms with van der Waals surface area (Å²) in [5.41, 5.74) is 6.22. The Labute approximate surface area is 176 Å². The molecule has 0 unspecified atom stereocenters. The summed E-state index contributed by atoms with van der Waals surface area (Å²) in [5, 5.41) is 0. The minimum Gasteiger partial charge on any atom is -0.454 e. The second-order valence-corrected chi connectivity index (χ2v) is 9.64. The molecule has 0 bridgehead atoms. The van der Waals surface area contributed by atoms with Gasteiger partial charge in [0.15, 0.2) is 6.61 Å². The number of benzene rings is 1. The van der Waals surface area contributed by atoms with E-state index < -0.39 is 28.6 Å². The standard InChI is InChI=1S/C20H27N3O6S/c1-14-4-6-16(7-5-14)30(27,28)23-10-2-3-17(23)20(26)29-13-18(24)22-11-8-15(9-12-22)19(21)25/h4-7,15,17H,2-3,8-13H2,1H3,(H2,21,25)/t17-/m0/s1. The zero-order valence-electron chi connectivity index (χ0n) is 17.0. The van der Waals surface area contributed by atoms with Gasteiger partial charge in [-0.25, -0.2) is 8.42 Å². The van der Waals surface area contributed by atoms with Gasteiger partial charge in [-0.05, 0) is 44.7 Å². The lowest BCUT2D eigenvalue weighted by Gasteiger charge is -2.30. The van der Waals surface area contributed by atoms with Crippen molar-refractivity contribution in [2.45, 2.75) is 43.5 Å². The number of rotatable bonds is 6. The van der Waals surface area contributed by atoms with Crippen LogP contribution in [0.2, 0.25) is 0 Å². The van der Waals surface area contributed by atoms with Crippen molar-refractivity contribution in [3.05, 3.63) is 29.8 Å². The van der Waals surface area contributed by atoms with Gasteiger partial charge < -0.3 is 15.4 Å². The Bertz CT molecular complexity index is 907. The number of carbonyl (C=O) groups is 3. The van der Waals surface area contributed by atoms with Crippen LogP contribution < -0.4 is 5.73 Å². The molecule has 2 aliphatic heterocycles. The molecule has 2 amide bonds. The molecule has 2 aliphatic rings. The largest absolute Gasteiger partial charge is 0.454 e. The number of hydrogen-bond acceptors (Lipinski definition) is 6. The average Bonchev–Trinajstić information content (AvgIpc) is 3.23. The first kappa shape index (κ1) is 22.2. The fourth-order valence-corrected chi connectivity index (χ4v) is 5.49. The highest BCUT2D eigenvalue weighted by Gasteiger charge is 2.40. The Hall–Kier alpha value is -2.46. The smallest absolute Gasteiger partial charge is 0.324 e. The molecule has 30 heavy (non-hydrogen) atoms. The van der Waals surface area contributed by atoms with Crippen LogP contribution in [0, 0.1) is 12.8 Å². The normalized spacial score (nSPS) is 20.8. The predicted molar refractivity (Wildman–Crippen MR) is 108 cm³/mol. The van der Waals surface area contributed by atoms with E-state index in [0.717, 1.165) is 9.87 Å². The Balaban J connectivity index is 1.58. The van der Waals surface area contributed by atoms with Gasteiger partial charge in [-0.1, -0.05) is 17.7 Å². The van der Waals surface area contributed by atoms with Crippen LogP contribution in [0.1, 0.15) is 31.2 Å². The van der Waals surface area contributed by atoms with Crippen LogP contribution in [0.5, 0.6) is 0 Å². The van der Waals surface area contributed by atoms with Crippen LogP contribution >= 0.6 is 0 Å². The topological polar surface area (TPSA) is 127 Å². The number of primary amides is 1. The average molecular weight is 438 g/mol. The number of nitrogens with two attached hydrogens (primary N) is 1. The van der Waals surface area contributed by atoms with Crippen molar-refractivity contribution >= 4 is 27.8 Å². The maximum Gasteiger partial charge on any atom is 0.324 e. The quantitative estimate of drug-likeness (QED) is 0.643. The van der Waals surface area contributed by atoms with Crippen LogP contribution in [-0.4, -0.2) is 67.7 Å². The van der Waals surface area contributed by atoms with Crippen LogP contribution in [0.3, 0.4) is 0 Å². The minimum atomic E-state index is -3.83. The van der Waals surface area contributed by atoms with Crippen molar-refractivity contribution in [1.29, 1.82) is 0 Å². The van der Waals surface area contributed by atoms with Crippen LogP contribution in [-0.2, 0) is 29.1 Å². The van der Waals surface area contributed by atoms with Gasteiger partial charge in [0.05, 0.1) is 4.90 Å². The van der Waals surface area contributed by atoms with E-state index in [2.05, 4.69) is 0 Å².